The van der Waals surface area contributed by atoms with Crippen molar-refractivity contribution < 1.29 is 14.3 Å². The molecule has 0 radical (unpaired) electrons. The van der Waals surface area contributed by atoms with E-state index < -0.39 is 6.23 Å². The van der Waals surface area contributed by atoms with E-state index in [4.69, 9.17) is 9.47 Å². The number of ketones is 1. The normalized spacial score (nSPS) is 14.7. The van der Waals surface area contributed by atoms with Crippen molar-refractivity contribution in [2.45, 2.75) is 18.3 Å². The first kappa shape index (κ1) is 19.7. The van der Waals surface area contributed by atoms with Crippen LogP contribution in [0.4, 0.5) is 5.69 Å². The van der Waals surface area contributed by atoms with Gasteiger partial charge in [0.2, 0.25) is 23.0 Å². The molecular weight excluding hydrogens is 456 g/mol. The van der Waals surface area contributed by atoms with Crippen LogP contribution < -0.4 is 14.8 Å². The van der Waals surface area contributed by atoms with Gasteiger partial charge in [-0.3, -0.25) is 4.79 Å². The molecule has 0 saturated heterocycles. The summed E-state index contributed by atoms with van der Waals surface area (Å²) in [6, 6.07) is 12.5. The van der Waals surface area contributed by atoms with Gasteiger partial charge in [-0.15, -0.1) is 10.2 Å². The molecule has 1 atom stereocenters. The zero-order valence-corrected chi connectivity index (χ0v) is 18.1. The number of nitrogens with zero attached hydrogens (tertiary/aromatic N) is 3. The van der Waals surface area contributed by atoms with Crippen LogP contribution in [0.1, 0.15) is 17.3 Å². The Morgan fingerprint density at radius 2 is 2.03 bits per heavy atom. The molecule has 3 aromatic rings. The minimum atomic E-state index is -0.958. The fraction of sp³-hybridized carbons (Fsp3) is 0.200. The number of ether oxygens (including phenoxy) is 2. The molecule has 9 heteroatoms. The van der Waals surface area contributed by atoms with Crippen molar-refractivity contribution in [3.05, 3.63) is 52.5 Å². The first-order valence-electron chi connectivity index (χ1n) is 8.88. The van der Waals surface area contributed by atoms with Crippen molar-refractivity contribution >= 4 is 39.2 Å². The molecule has 2 heterocycles. The number of halogens is 1. The lowest BCUT2D eigenvalue weighted by molar-refractivity contribution is 0.0823. The van der Waals surface area contributed by atoms with E-state index in [1.54, 1.807) is 31.4 Å². The van der Waals surface area contributed by atoms with Gasteiger partial charge in [0.25, 0.3) is 0 Å². The third kappa shape index (κ3) is 4.06. The van der Waals surface area contributed by atoms with Crippen molar-refractivity contribution in [2.75, 3.05) is 18.2 Å². The minimum absolute atomic E-state index is 0.224. The molecule has 0 aliphatic carbocycles. The predicted molar refractivity (Wildman–Crippen MR) is 115 cm³/mol. The van der Waals surface area contributed by atoms with Crippen molar-refractivity contribution in [3.63, 3.8) is 0 Å². The molecule has 1 N–H and O–H groups in total. The largest absolute Gasteiger partial charge is 0.497 e. The van der Waals surface area contributed by atoms with E-state index in [0.29, 0.717) is 27.9 Å². The average Bonchev–Trinajstić information content (AvgIpc) is 2.90. The third-order valence-corrected chi connectivity index (χ3v) is 5.49. The molecule has 0 spiro atoms. The zero-order chi connectivity index (χ0) is 20.4. The van der Waals surface area contributed by atoms with Gasteiger partial charge in [0.1, 0.15) is 5.75 Å². The highest BCUT2D eigenvalue weighted by molar-refractivity contribution is 9.10. The summed E-state index contributed by atoms with van der Waals surface area (Å²) in [5.41, 5.74) is 2.45. The smallest absolute Gasteiger partial charge is 0.247 e. The van der Waals surface area contributed by atoms with Crippen LogP contribution in [0.25, 0.3) is 11.3 Å². The molecule has 1 aromatic heterocycles. The number of thioether (sulfide) groups is 1. The molecule has 0 fully saturated rings. The average molecular weight is 473 g/mol. The molecule has 0 bridgehead atoms. The monoisotopic (exact) mass is 472 g/mol. The summed E-state index contributed by atoms with van der Waals surface area (Å²) in [6.45, 7) is 2.00. The Bertz CT molecular complexity index is 1060. The van der Waals surface area contributed by atoms with Gasteiger partial charge >= 0.3 is 0 Å². The van der Waals surface area contributed by atoms with Gasteiger partial charge in [-0.05, 0) is 48.2 Å². The summed E-state index contributed by atoms with van der Waals surface area (Å²) >= 11 is 4.94. The lowest BCUT2D eigenvalue weighted by Crippen LogP contribution is -2.35. The second-order valence-corrected chi connectivity index (χ2v) is 8.25. The Balaban J connectivity index is 1.76. The molecule has 0 unspecified atom stereocenters. The Kier molecular flexibility index (Phi) is 5.68. The first-order chi connectivity index (χ1) is 14.1. The lowest BCUT2D eigenvalue weighted by atomic mass is 10.1. The number of hydrogen-bond acceptors (Lipinski definition) is 8. The molecule has 2 aromatic carbocycles. The molecule has 29 heavy (non-hydrogen) atoms. The van der Waals surface area contributed by atoms with Crippen molar-refractivity contribution in [1.29, 1.82) is 0 Å². The number of carbonyl (C=O) groups excluding carboxylic acids is 1. The van der Waals surface area contributed by atoms with E-state index in [9.17, 15) is 4.79 Å². The van der Waals surface area contributed by atoms with Crippen LogP contribution in [-0.2, 0) is 0 Å². The summed E-state index contributed by atoms with van der Waals surface area (Å²) in [7, 11) is 1.58. The molecule has 0 amide bonds. The Hall–Kier alpha value is -2.65. The maximum Gasteiger partial charge on any atom is 0.247 e. The van der Waals surface area contributed by atoms with Crippen LogP contribution in [-0.4, -0.2) is 40.1 Å². The summed E-state index contributed by atoms with van der Waals surface area (Å²) in [6.07, 6.45) is -0.958. The highest BCUT2D eigenvalue weighted by atomic mass is 79.9. The molecule has 1 aliphatic heterocycles. The second-order valence-electron chi connectivity index (χ2n) is 6.11. The third-order valence-electron chi connectivity index (χ3n) is 4.27. The molecule has 7 nitrogen and oxygen atoms in total. The quantitative estimate of drug-likeness (QED) is 0.430. The topological polar surface area (TPSA) is 86.2 Å². The van der Waals surface area contributed by atoms with Gasteiger partial charge in [-0.1, -0.05) is 34.6 Å². The van der Waals surface area contributed by atoms with Crippen molar-refractivity contribution in [1.82, 2.24) is 15.2 Å². The maximum absolute atomic E-state index is 13.1. The van der Waals surface area contributed by atoms with E-state index in [2.05, 4.69) is 36.4 Å². The molecule has 1 aliphatic rings. The number of fused-ring (bicyclic) bond motifs is 3. The van der Waals surface area contributed by atoms with Crippen LogP contribution >= 0.6 is 27.7 Å². The second kappa shape index (κ2) is 8.38. The fourth-order valence-electron chi connectivity index (χ4n) is 2.89. The highest BCUT2D eigenvalue weighted by Crippen LogP contribution is 2.38. The van der Waals surface area contributed by atoms with E-state index in [0.717, 1.165) is 15.8 Å². The van der Waals surface area contributed by atoms with Gasteiger partial charge in [-0.2, -0.15) is 4.98 Å². The fourth-order valence-corrected chi connectivity index (χ4v) is 3.75. The van der Waals surface area contributed by atoms with E-state index in [1.165, 1.54) is 11.8 Å². The summed E-state index contributed by atoms with van der Waals surface area (Å²) in [5.74, 6) is 1.52. The number of benzene rings is 2. The maximum atomic E-state index is 13.1. The van der Waals surface area contributed by atoms with Gasteiger partial charge in [0.05, 0.1) is 7.11 Å². The SMILES string of the molecule is CCSc1nnc2c(n1)O[C@@H](C(=O)c1ccc(OC)cc1)Nc1ccc(Br)cc1-2. The van der Waals surface area contributed by atoms with Crippen LogP contribution in [0.5, 0.6) is 11.6 Å². The Morgan fingerprint density at radius 1 is 1.24 bits per heavy atom. The van der Waals surface area contributed by atoms with Gasteiger partial charge in [-0.25, -0.2) is 0 Å². The van der Waals surface area contributed by atoms with Crippen LogP contribution in [0.3, 0.4) is 0 Å². The highest BCUT2D eigenvalue weighted by Gasteiger charge is 2.30. The summed E-state index contributed by atoms with van der Waals surface area (Å²) < 4.78 is 12.0. The van der Waals surface area contributed by atoms with Gasteiger partial charge in [0, 0.05) is 21.3 Å². The number of anilines is 1. The number of carbonyl (C=O) groups is 1. The van der Waals surface area contributed by atoms with Gasteiger partial charge < -0.3 is 14.8 Å². The number of aromatic nitrogens is 3. The minimum Gasteiger partial charge on any atom is -0.497 e. The first-order valence-corrected chi connectivity index (χ1v) is 10.7. The number of Topliss-reactive ketones (excluding diaryl/α,β-unsaturated/α-hetero) is 1. The van der Waals surface area contributed by atoms with Crippen molar-refractivity contribution in [3.8, 4) is 22.9 Å². The number of rotatable bonds is 5. The number of nitrogens with one attached hydrogen (secondary N) is 1. The van der Waals surface area contributed by atoms with E-state index >= 15 is 0 Å². The summed E-state index contributed by atoms with van der Waals surface area (Å²) in [4.78, 5) is 17.6. The Morgan fingerprint density at radius 3 is 2.76 bits per heavy atom. The van der Waals surface area contributed by atoms with E-state index in [-0.39, 0.29) is 11.7 Å². The molecule has 4 rings (SSSR count). The lowest BCUT2D eigenvalue weighted by Gasteiger charge is -2.18. The predicted octanol–water partition coefficient (Wildman–Crippen LogP) is 4.44. The summed E-state index contributed by atoms with van der Waals surface area (Å²) in [5, 5.41) is 12.2. The zero-order valence-electron chi connectivity index (χ0n) is 15.7. The van der Waals surface area contributed by atoms with Crippen LogP contribution in [0, 0.1) is 0 Å². The Labute approximate surface area is 180 Å². The molecule has 0 saturated carbocycles. The van der Waals surface area contributed by atoms with Gasteiger partial charge in [0.15, 0.2) is 5.69 Å². The van der Waals surface area contributed by atoms with Crippen molar-refractivity contribution in [2.24, 2.45) is 0 Å². The molecular formula is C20H17BrN4O3S. The standard InChI is InChI=1S/C20H17BrN4O3S/c1-3-29-20-23-18-16(24-25-20)14-10-12(21)6-9-15(14)22-19(28-18)17(26)11-4-7-13(27-2)8-5-11/h4-10,19,22H,3H2,1-2H3/t19-/m0/s1. The van der Waals surface area contributed by atoms with Crippen LogP contribution in [0.15, 0.2) is 52.1 Å². The number of hydrogen-bond donors (Lipinski definition) is 1. The van der Waals surface area contributed by atoms with E-state index in [1.807, 2.05) is 25.1 Å². The number of methoxy groups -OCH3 is 1. The molecule has 148 valence electrons. The van der Waals surface area contributed by atoms with Crippen LogP contribution in [0.2, 0.25) is 0 Å².